The van der Waals surface area contributed by atoms with Gasteiger partial charge in [-0.2, -0.15) is 0 Å². The van der Waals surface area contributed by atoms with Crippen LogP contribution in [-0.2, 0) is 21.9 Å². The molecular formula is C18H18N2O2S. The summed E-state index contributed by atoms with van der Waals surface area (Å²) in [7, 11) is -2.53. The predicted molar refractivity (Wildman–Crippen MR) is 94.3 cm³/mol. The summed E-state index contributed by atoms with van der Waals surface area (Å²) in [5, 5.41) is 1.01. The third kappa shape index (κ3) is 3.87. The lowest BCUT2D eigenvalue weighted by Gasteiger charge is -2.06. The molecule has 23 heavy (non-hydrogen) atoms. The molecule has 3 rings (SSSR count). The van der Waals surface area contributed by atoms with Gasteiger partial charge in [0.25, 0.3) is 5.56 Å². The molecular weight excluding hydrogens is 308 g/mol. The number of benzene rings is 2. The van der Waals surface area contributed by atoms with Crippen molar-refractivity contribution in [3.8, 4) is 0 Å². The molecule has 0 unspecified atom stereocenters. The molecule has 5 heteroatoms. The minimum Gasteiger partial charge on any atom is -0.322 e. The van der Waals surface area contributed by atoms with Gasteiger partial charge in [0.15, 0.2) is 0 Å². The Bertz CT molecular complexity index is 1000. The van der Waals surface area contributed by atoms with Gasteiger partial charge >= 0.3 is 0 Å². The quantitative estimate of drug-likeness (QED) is 0.772. The smallest absolute Gasteiger partial charge is 0.251 e. The van der Waals surface area contributed by atoms with Gasteiger partial charge in [-0.25, -0.2) is 4.21 Å². The largest absolute Gasteiger partial charge is 0.322 e. The number of aromatic nitrogens is 1. The zero-order valence-corrected chi connectivity index (χ0v) is 13.7. The van der Waals surface area contributed by atoms with Gasteiger partial charge in [0.05, 0.1) is 5.75 Å². The second kappa shape index (κ2) is 6.01. The monoisotopic (exact) mass is 326 g/mol. The van der Waals surface area contributed by atoms with E-state index in [4.69, 9.17) is 4.78 Å². The molecule has 0 radical (unpaired) electrons. The summed E-state index contributed by atoms with van der Waals surface area (Å²) in [6.07, 6.45) is 1.98. The minimum absolute atomic E-state index is 0.0736. The Hall–Kier alpha value is -2.40. The van der Waals surface area contributed by atoms with Crippen molar-refractivity contribution in [2.75, 3.05) is 6.26 Å². The second-order valence-electron chi connectivity index (χ2n) is 5.85. The molecule has 0 fully saturated rings. The van der Waals surface area contributed by atoms with E-state index in [1.807, 2.05) is 54.6 Å². The minimum atomic E-state index is -2.53. The van der Waals surface area contributed by atoms with Crippen molar-refractivity contribution in [1.82, 2.24) is 4.98 Å². The van der Waals surface area contributed by atoms with Crippen molar-refractivity contribution in [3.05, 3.63) is 81.6 Å². The first kappa shape index (κ1) is 15.5. The highest BCUT2D eigenvalue weighted by Crippen LogP contribution is 2.14. The average Bonchev–Trinajstić information content (AvgIpc) is 2.48. The van der Waals surface area contributed by atoms with Crippen LogP contribution >= 0.6 is 0 Å². The maximum absolute atomic E-state index is 12.2. The number of pyridine rings is 1. The van der Waals surface area contributed by atoms with E-state index in [2.05, 4.69) is 4.98 Å². The lowest BCUT2D eigenvalue weighted by Crippen LogP contribution is -2.12. The molecule has 1 atom stereocenters. The normalized spacial score (nSPS) is 13.8. The van der Waals surface area contributed by atoms with Gasteiger partial charge in [-0.05, 0) is 28.6 Å². The fourth-order valence-corrected chi connectivity index (χ4v) is 3.44. The molecule has 0 spiro atoms. The molecule has 0 aliphatic rings. The third-order valence-electron chi connectivity index (χ3n) is 3.69. The lowest BCUT2D eigenvalue weighted by molar-refractivity contribution is 0.678. The number of H-pyrrole nitrogens is 1. The Morgan fingerprint density at radius 2 is 1.70 bits per heavy atom. The number of rotatable bonds is 4. The number of para-hydroxylation sites is 1. The summed E-state index contributed by atoms with van der Waals surface area (Å²) in [4.78, 5) is 15.1. The summed E-state index contributed by atoms with van der Waals surface area (Å²) < 4.78 is 19.0. The van der Waals surface area contributed by atoms with E-state index < -0.39 is 9.73 Å². The highest BCUT2D eigenvalue weighted by atomic mass is 32.2. The number of nitrogens with one attached hydrogen (secondary N) is 2. The first-order valence-electron chi connectivity index (χ1n) is 7.31. The fraction of sp³-hybridized carbons (Fsp3) is 0.167. The number of fused-ring (bicyclic) bond motifs is 1. The van der Waals surface area contributed by atoms with Crippen molar-refractivity contribution in [2.45, 2.75) is 12.2 Å². The van der Waals surface area contributed by atoms with Crippen LogP contribution in [0.3, 0.4) is 0 Å². The summed E-state index contributed by atoms with van der Waals surface area (Å²) in [6.45, 7) is 0. The number of hydrogen-bond acceptors (Lipinski definition) is 3. The van der Waals surface area contributed by atoms with E-state index in [-0.39, 0.29) is 11.3 Å². The summed E-state index contributed by atoms with van der Waals surface area (Å²) >= 11 is 0. The van der Waals surface area contributed by atoms with Crippen molar-refractivity contribution < 1.29 is 4.21 Å². The zero-order valence-electron chi connectivity index (χ0n) is 12.8. The molecule has 1 aromatic heterocycles. The Morgan fingerprint density at radius 1 is 1.04 bits per heavy atom. The van der Waals surface area contributed by atoms with Gasteiger partial charge in [-0.1, -0.05) is 42.5 Å². The fourth-order valence-electron chi connectivity index (χ4n) is 2.62. The first-order valence-corrected chi connectivity index (χ1v) is 9.44. The maximum Gasteiger partial charge on any atom is 0.251 e. The molecule has 0 saturated heterocycles. The van der Waals surface area contributed by atoms with Gasteiger partial charge in [-0.3, -0.25) is 9.57 Å². The molecule has 4 nitrogen and oxygen atoms in total. The third-order valence-corrected chi connectivity index (χ3v) is 4.57. The average molecular weight is 326 g/mol. The lowest BCUT2D eigenvalue weighted by atomic mass is 10.0. The number of hydrogen-bond donors (Lipinski definition) is 2. The number of aromatic amines is 1. The highest BCUT2D eigenvalue weighted by molar-refractivity contribution is 7.90. The van der Waals surface area contributed by atoms with Crippen LogP contribution in [0.5, 0.6) is 0 Å². The van der Waals surface area contributed by atoms with Crippen LogP contribution in [0.25, 0.3) is 10.9 Å². The van der Waals surface area contributed by atoms with Crippen LogP contribution in [0.4, 0.5) is 0 Å². The Morgan fingerprint density at radius 3 is 2.39 bits per heavy atom. The van der Waals surface area contributed by atoms with Crippen LogP contribution in [0.2, 0.25) is 0 Å². The molecule has 2 N–H and O–H groups in total. The van der Waals surface area contributed by atoms with Crippen molar-refractivity contribution in [3.63, 3.8) is 0 Å². The van der Waals surface area contributed by atoms with E-state index in [0.29, 0.717) is 6.42 Å². The highest BCUT2D eigenvalue weighted by Gasteiger charge is 2.05. The molecule has 3 aromatic rings. The summed E-state index contributed by atoms with van der Waals surface area (Å²) in [6, 6.07) is 17.2. The van der Waals surface area contributed by atoms with Gasteiger partial charge in [0, 0.05) is 33.5 Å². The van der Waals surface area contributed by atoms with Crippen LogP contribution in [0.15, 0.2) is 59.4 Å². The van der Waals surface area contributed by atoms with Crippen LogP contribution in [-0.4, -0.2) is 15.4 Å². The Balaban J connectivity index is 1.87. The van der Waals surface area contributed by atoms with E-state index >= 15 is 0 Å². The van der Waals surface area contributed by atoms with Crippen LogP contribution in [0.1, 0.15) is 16.7 Å². The van der Waals surface area contributed by atoms with Gasteiger partial charge in [0.2, 0.25) is 0 Å². The summed E-state index contributed by atoms with van der Waals surface area (Å²) in [5.41, 5.74) is 3.38. The van der Waals surface area contributed by atoms with Crippen molar-refractivity contribution >= 4 is 20.6 Å². The van der Waals surface area contributed by atoms with E-state index in [0.717, 1.165) is 27.6 Å². The van der Waals surface area contributed by atoms with Crippen molar-refractivity contribution in [1.29, 1.82) is 4.78 Å². The predicted octanol–water partition coefficient (Wildman–Crippen LogP) is 3.30. The first-order chi connectivity index (χ1) is 10.9. The molecule has 2 aromatic carbocycles. The van der Waals surface area contributed by atoms with Gasteiger partial charge in [0.1, 0.15) is 0 Å². The molecule has 0 aliphatic heterocycles. The summed E-state index contributed by atoms with van der Waals surface area (Å²) in [5.74, 6) is 0.254. The van der Waals surface area contributed by atoms with E-state index in [1.165, 1.54) is 6.26 Å². The van der Waals surface area contributed by atoms with Crippen molar-refractivity contribution in [2.24, 2.45) is 0 Å². The molecule has 118 valence electrons. The maximum atomic E-state index is 12.2. The Kier molecular flexibility index (Phi) is 4.05. The molecule has 0 aliphatic carbocycles. The standard InChI is InChI=1S/C18H18N2O2S/c1-23(19,22)12-14-8-6-13(7-9-14)10-16-11-15-4-2-3-5-17(15)20-18(16)21/h2-9,11,19H,10,12H2,1H3,(H,20,21)/t23-/m1/s1. The molecule has 0 bridgehead atoms. The van der Waals surface area contributed by atoms with Crippen LogP contribution in [0, 0.1) is 4.78 Å². The van der Waals surface area contributed by atoms with Gasteiger partial charge < -0.3 is 4.98 Å². The van der Waals surface area contributed by atoms with Crippen LogP contribution < -0.4 is 5.56 Å². The van der Waals surface area contributed by atoms with E-state index in [1.54, 1.807) is 0 Å². The van der Waals surface area contributed by atoms with E-state index in [9.17, 15) is 9.00 Å². The zero-order chi connectivity index (χ0) is 16.4. The molecule has 0 saturated carbocycles. The molecule has 1 heterocycles. The SMILES string of the molecule is C[S@@](=N)(=O)Cc1ccc(Cc2cc3ccccc3[nH]c2=O)cc1. The second-order valence-corrected chi connectivity index (χ2v) is 8.15. The Labute approximate surface area is 135 Å². The molecule has 0 amide bonds. The topological polar surface area (TPSA) is 73.8 Å². The van der Waals surface area contributed by atoms with Gasteiger partial charge in [-0.15, -0.1) is 0 Å².